The number of carbonyl (C=O) groups excluding carboxylic acids is 2. The summed E-state index contributed by atoms with van der Waals surface area (Å²) in [7, 11) is 0. The normalized spacial score (nSPS) is 12.9. The summed E-state index contributed by atoms with van der Waals surface area (Å²) in [5.74, 6) is -0.0823. The van der Waals surface area contributed by atoms with Crippen LogP contribution in [0.5, 0.6) is 0 Å². The van der Waals surface area contributed by atoms with Crippen LogP contribution in [0.2, 0.25) is 0 Å². The van der Waals surface area contributed by atoms with E-state index in [4.69, 9.17) is 4.74 Å². The first-order valence-corrected chi connectivity index (χ1v) is 24.6. The minimum Gasteiger partial charge on any atom is -0.466 e. The van der Waals surface area contributed by atoms with E-state index in [1.165, 1.54) is 186 Å². The maximum atomic E-state index is 12.4. The highest BCUT2D eigenvalue weighted by molar-refractivity contribution is 5.76. The fourth-order valence-electron chi connectivity index (χ4n) is 7.39. The lowest BCUT2D eigenvalue weighted by atomic mass is 10.0. The summed E-state index contributed by atoms with van der Waals surface area (Å²) >= 11 is 0. The van der Waals surface area contributed by atoms with Crippen LogP contribution in [0.4, 0.5) is 0 Å². The first kappa shape index (κ1) is 54.3. The van der Waals surface area contributed by atoms with Crippen molar-refractivity contribution in [3.05, 3.63) is 24.3 Å². The standard InChI is InChI=1S/C50H95NO5/c1-3-5-7-9-11-13-14-20-24-28-32-36-40-44-50(55)56-45-41-37-33-29-25-22-19-17-15-16-18-21-23-27-31-35-39-43-49(54)51-47(46-52)48(53)42-38-34-30-26-12-10-8-6-4-2/h13-14,38,42,47-48,52-53H,3-12,15-37,39-41,43-46H2,1-2H3,(H,51,54)/b14-13-,42-38+. The van der Waals surface area contributed by atoms with Crippen molar-refractivity contribution in [3.63, 3.8) is 0 Å². The Kier molecular flexibility index (Phi) is 44.7. The molecule has 6 heteroatoms. The van der Waals surface area contributed by atoms with E-state index in [0.29, 0.717) is 19.4 Å². The second kappa shape index (κ2) is 46.0. The fraction of sp³-hybridized carbons (Fsp3) is 0.880. The predicted octanol–water partition coefficient (Wildman–Crippen LogP) is 14.3. The summed E-state index contributed by atoms with van der Waals surface area (Å²) in [5, 5.41) is 22.9. The van der Waals surface area contributed by atoms with E-state index < -0.39 is 12.1 Å². The number of aliphatic hydroxyl groups is 2. The zero-order valence-electron chi connectivity index (χ0n) is 37.4. The molecule has 0 fully saturated rings. The number of ether oxygens (including phenoxy) is 1. The second-order valence-electron chi connectivity index (χ2n) is 16.8. The van der Waals surface area contributed by atoms with Crippen LogP contribution in [0.1, 0.15) is 258 Å². The van der Waals surface area contributed by atoms with Gasteiger partial charge in [0.25, 0.3) is 0 Å². The lowest BCUT2D eigenvalue weighted by molar-refractivity contribution is -0.143. The zero-order valence-corrected chi connectivity index (χ0v) is 37.4. The van der Waals surface area contributed by atoms with E-state index in [1.54, 1.807) is 6.08 Å². The molecule has 0 heterocycles. The van der Waals surface area contributed by atoms with Gasteiger partial charge in [0.1, 0.15) is 0 Å². The number of aliphatic hydroxyl groups excluding tert-OH is 2. The predicted molar refractivity (Wildman–Crippen MR) is 241 cm³/mol. The van der Waals surface area contributed by atoms with Crippen LogP contribution >= 0.6 is 0 Å². The van der Waals surface area contributed by atoms with Crippen LogP contribution < -0.4 is 5.32 Å². The number of esters is 1. The summed E-state index contributed by atoms with van der Waals surface area (Å²) in [6.07, 6.45) is 53.2. The highest BCUT2D eigenvalue weighted by atomic mass is 16.5. The van der Waals surface area contributed by atoms with Gasteiger partial charge in [0.2, 0.25) is 5.91 Å². The summed E-state index contributed by atoms with van der Waals surface area (Å²) in [5.41, 5.74) is 0. The molecule has 6 nitrogen and oxygen atoms in total. The molecule has 0 aromatic rings. The van der Waals surface area contributed by atoms with Crippen LogP contribution in [-0.4, -0.2) is 47.4 Å². The van der Waals surface area contributed by atoms with Crippen molar-refractivity contribution in [2.75, 3.05) is 13.2 Å². The van der Waals surface area contributed by atoms with Crippen molar-refractivity contribution in [2.45, 2.75) is 270 Å². The van der Waals surface area contributed by atoms with E-state index in [2.05, 4.69) is 31.3 Å². The molecule has 0 aliphatic carbocycles. The molecule has 0 saturated heterocycles. The molecule has 0 spiro atoms. The van der Waals surface area contributed by atoms with Crippen molar-refractivity contribution in [1.29, 1.82) is 0 Å². The Bertz CT molecular complexity index is 874. The number of rotatable bonds is 45. The lowest BCUT2D eigenvalue weighted by Gasteiger charge is -2.20. The Morgan fingerprint density at radius 3 is 1.29 bits per heavy atom. The molecule has 0 aliphatic heterocycles. The van der Waals surface area contributed by atoms with Gasteiger partial charge < -0.3 is 20.3 Å². The molecule has 1 amide bonds. The third kappa shape index (κ3) is 42.0. The quantitative estimate of drug-likeness (QED) is 0.0324. The topological polar surface area (TPSA) is 95.9 Å². The maximum Gasteiger partial charge on any atom is 0.305 e. The summed E-state index contributed by atoms with van der Waals surface area (Å²) in [6, 6.07) is -0.629. The SMILES string of the molecule is CCCCCC/C=C\CCCCCCCC(=O)OCCCCCCCCCCCCCCCCCCCC(=O)NC(CO)C(O)/C=C/CCCCCCCCC. The molecule has 2 unspecified atom stereocenters. The van der Waals surface area contributed by atoms with Crippen molar-refractivity contribution < 1.29 is 24.5 Å². The van der Waals surface area contributed by atoms with Gasteiger partial charge in [-0.3, -0.25) is 9.59 Å². The molecular weight excluding hydrogens is 695 g/mol. The molecule has 0 bridgehead atoms. The van der Waals surface area contributed by atoms with Gasteiger partial charge in [-0.25, -0.2) is 0 Å². The fourth-order valence-corrected chi connectivity index (χ4v) is 7.39. The van der Waals surface area contributed by atoms with Crippen molar-refractivity contribution >= 4 is 11.9 Å². The van der Waals surface area contributed by atoms with Crippen molar-refractivity contribution in [3.8, 4) is 0 Å². The van der Waals surface area contributed by atoms with Gasteiger partial charge in [-0.1, -0.05) is 212 Å². The third-order valence-corrected chi connectivity index (χ3v) is 11.2. The van der Waals surface area contributed by atoms with E-state index >= 15 is 0 Å². The first-order chi connectivity index (χ1) is 27.5. The number of hydrogen-bond donors (Lipinski definition) is 3. The van der Waals surface area contributed by atoms with Crippen molar-refractivity contribution in [2.24, 2.45) is 0 Å². The number of carbonyl (C=O) groups is 2. The Morgan fingerprint density at radius 2 is 0.839 bits per heavy atom. The molecule has 0 radical (unpaired) electrons. The molecule has 0 rings (SSSR count). The molecule has 3 N–H and O–H groups in total. The lowest BCUT2D eigenvalue weighted by Crippen LogP contribution is -2.45. The molecule has 2 atom stereocenters. The third-order valence-electron chi connectivity index (χ3n) is 11.2. The Morgan fingerprint density at radius 1 is 0.482 bits per heavy atom. The maximum absolute atomic E-state index is 12.4. The monoisotopic (exact) mass is 790 g/mol. The number of hydrogen-bond acceptors (Lipinski definition) is 5. The zero-order chi connectivity index (χ0) is 40.8. The van der Waals surface area contributed by atoms with E-state index in [9.17, 15) is 19.8 Å². The van der Waals surface area contributed by atoms with Gasteiger partial charge in [0.15, 0.2) is 0 Å². The minimum atomic E-state index is -0.845. The van der Waals surface area contributed by atoms with Crippen molar-refractivity contribution in [1.82, 2.24) is 5.32 Å². The smallest absolute Gasteiger partial charge is 0.305 e. The molecule has 0 aliphatic rings. The van der Waals surface area contributed by atoms with Gasteiger partial charge in [-0.05, 0) is 57.8 Å². The van der Waals surface area contributed by atoms with Gasteiger partial charge in [-0.2, -0.15) is 0 Å². The van der Waals surface area contributed by atoms with Crippen LogP contribution in [-0.2, 0) is 14.3 Å². The van der Waals surface area contributed by atoms with E-state index in [1.807, 2.05) is 6.08 Å². The van der Waals surface area contributed by atoms with Gasteiger partial charge in [-0.15, -0.1) is 0 Å². The summed E-state index contributed by atoms with van der Waals surface area (Å²) in [4.78, 5) is 24.3. The molecular formula is C50H95NO5. The molecule has 56 heavy (non-hydrogen) atoms. The Labute approximate surface area is 348 Å². The second-order valence-corrected chi connectivity index (χ2v) is 16.8. The molecule has 0 saturated carbocycles. The number of allylic oxidation sites excluding steroid dienone is 3. The van der Waals surface area contributed by atoms with E-state index in [-0.39, 0.29) is 18.5 Å². The molecule has 330 valence electrons. The average molecular weight is 790 g/mol. The van der Waals surface area contributed by atoms with Gasteiger partial charge in [0, 0.05) is 12.8 Å². The van der Waals surface area contributed by atoms with Crippen LogP contribution in [0, 0.1) is 0 Å². The van der Waals surface area contributed by atoms with E-state index in [0.717, 1.165) is 44.9 Å². The van der Waals surface area contributed by atoms with Gasteiger partial charge in [0.05, 0.1) is 25.4 Å². The molecule has 0 aromatic heterocycles. The minimum absolute atomic E-state index is 0.00560. The highest BCUT2D eigenvalue weighted by Crippen LogP contribution is 2.15. The number of amides is 1. The van der Waals surface area contributed by atoms with Crippen LogP contribution in [0.15, 0.2) is 24.3 Å². The first-order valence-electron chi connectivity index (χ1n) is 24.6. The number of nitrogens with one attached hydrogen (secondary N) is 1. The Hall–Kier alpha value is -1.66. The van der Waals surface area contributed by atoms with Gasteiger partial charge >= 0.3 is 5.97 Å². The highest BCUT2D eigenvalue weighted by Gasteiger charge is 2.18. The van der Waals surface area contributed by atoms with Crippen LogP contribution in [0.3, 0.4) is 0 Å². The largest absolute Gasteiger partial charge is 0.466 e. The number of unbranched alkanes of at least 4 members (excludes halogenated alkanes) is 32. The Balaban J connectivity index is 3.42. The molecule has 0 aromatic carbocycles. The summed E-state index contributed by atoms with van der Waals surface area (Å²) in [6.45, 7) is 4.84. The van der Waals surface area contributed by atoms with Crippen LogP contribution in [0.25, 0.3) is 0 Å². The summed E-state index contributed by atoms with van der Waals surface area (Å²) < 4.78 is 5.45. The average Bonchev–Trinajstić information content (AvgIpc) is 3.20.